The molecule has 0 saturated heterocycles. The van der Waals surface area contributed by atoms with E-state index in [9.17, 15) is 4.39 Å². The summed E-state index contributed by atoms with van der Waals surface area (Å²) in [6, 6.07) is 4.39. The summed E-state index contributed by atoms with van der Waals surface area (Å²) in [7, 11) is 0. The van der Waals surface area contributed by atoms with Crippen molar-refractivity contribution in [3.05, 3.63) is 34.6 Å². The average molecular weight is 253 g/mol. The van der Waals surface area contributed by atoms with Crippen LogP contribution in [0.2, 0.25) is 5.02 Å². The SMILES string of the molecule is CCCCCCCC#Cc1cc(F)cc(Cl)c1. The fourth-order valence-corrected chi connectivity index (χ4v) is 1.83. The summed E-state index contributed by atoms with van der Waals surface area (Å²) in [5.41, 5.74) is 0.656. The molecule has 1 rings (SSSR count). The van der Waals surface area contributed by atoms with Gasteiger partial charge in [0, 0.05) is 17.0 Å². The highest BCUT2D eigenvalue weighted by Gasteiger charge is 1.95. The van der Waals surface area contributed by atoms with E-state index < -0.39 is 0 Å². The van der Waals surface area contributed by atoms with E-state index in [1.165, 1.54) is 37.8 Å². The molecule has 0 aliphatic heterocycles. The first-order chi connectivity index (χ1) is 8.22. The molecule has 1 aromatic carbocycles. The molecule has 0 heterocycles. The highest BCUT2D eigenvalue weighted by molar-refractivity contribution is 6.30. The third-order valence-corrected chi connectivity index (χ3v) is 2.72. The third kappa shape index (κ3) is 6.34. The predicted molar refractivity (Wildman–Crippen MR) is 71.7 cm³/mol. The Bertz CT molecular complexity index is 381. The van der Waals surface area contributed by atoms with Crippen LogP contribution in [0.5, 0.6) is 0 Å². The monoisotopic (exact) mass is 252 g/mol. The van der Waals surface area contributed by atoms with Crippen LogP contribution in [0.4, 0.5) is 4.39 Å². The molecular weight excluding hydrogens is 235 g/mol. The van der Waals surface area contributed by atoms with Gasteiger partial charge in [-0.05, 0) is 24.6 Å². The first-order valence-electron chi connectivity index (χ1n) is 6.17. The predicted octanol–water partition coefficient (Wildman–Crippen LogP) is 5.19. The Labute approximate surface area is 108 Å². The van der Waals surface area contributed by atoms with E-state index in [2.05, 4.69) is 18.8 Å². The Balaban J connectivity index is 2.33. The molecule has 0 saturated carbocycles. The van der Waals surface area contributed by atoms with Crippen molar-refractivity contribution in [3.63, 3.8) is 0 Å². The Morgan fingerprint density at radius 2 is 1.88 bits per heavy atom. The summed E-state index contributed by atoms with van der Waals surface area (Å²) in [5.74, 6) is 5.67. The number of rotatable bonds is 5. The van der Waals surface area contributed by atoms with Gasteiger partial charge in [0.15, 0.2) is 0 Å². The summed E-state index contributed by atoms with van der Waals surface area (Å²) >= 11 is 5.74. The summed E-state index contributed by atoms with van der Waals surface area (Å²) in [6.07, 6.45) is 7.06. The van der Waals surface area contributed by atoms with Crippen LogP contribution < -0.4 is 0 Å². The number of unbranched alkanes of at least 4 members (excludes halogenated alkanes) is 5. The largest absolute Gasteiger partial charge is 0.207 e. The van der Waals surface area contributed by atoms with Crippen LogP contribution >= 0.6 is 11.6 Å². The van der Waals surface area contributed by atoms with Gasteiger partial charge in [0.25, 0.3) is 0 Å². The van der Waals surface area contributed by atoms with Crippen molar-refractivity contribution in [2.75, 3.05) is 0 Å². The normalized spacial score (nSPS) is 9.82. The molecule has 92 valence electrons. The molecule has 2 heteroatoms. The van der Waals surface area contributed by atoms with Gasteiger partial charge in [-0.2, -0.15) is 0 Å². The van der Waals surface area contributed by atoms with E-state index in [4.69, 9.17) is 11.6 Å². The van der Waals surface area contributed by atoms with Crippen molar-refractivity contribution in [2.24, 2.45) is 0 Å². The van der Waals surface area contributed by atoms with E-state index in [0.717, 1.165) is 12.8 Å². The maximum atomic E-state index is 13.0. The standard InChI is InChI=1S/C15H18ClF/c1-2-3-4-5-6-7-8-9-13-10-14(16)12-15(17)11-13/h10-12H,2-7H2,1H3. The average Bonchev–Trinajstić information content (AvgIpc) is 2.26. The lowest BCUT2D eigenvalue weighted by atomic mass is 10.1. The summed E-state index contributed by atoms with van der Waals surface area (Å²) in [6.45, 7) is 2.20. The van der Waals surface area contributed by atoms with Crippen LogP contribution in [0.1, 0.15) is 51.0 Å². The van der Waals surface area contributed by atoms with Gasteiger partial charge in [0.05, 0.1) is 0 Å². The Morgan fingerprint density at radius 1 is 1.12 bits per heavy atom. The lowest BCUT2D eigenvalue weighted by Gasteiger charge is -1.95. The molecule has 0 aromatic heterocycles. The number of halogens is 2. The van der Waals surface area contributed by atoms with E-state index in [0.29, 0.717) is 10.6 Å². The van der Waals surface area contributed by atoms with E-state index in [1.807, 2.05) is 0 Å². The molecule has 0 aliphatic carbocycles. The van der Waals surface area contributed by atoms with Crippen LogP contribution in [-0.2, 0) is 0 Å². The Kier molecular flexibility index (Phi) is 6.74. The van der Waals surface area contributed by atoms with Gasteiger partial charge >= 0.3 is 0 Å². The molecule has 0 bridgehead atoms. The molecule has 0 radical (unpaired) electrons. The van der Waals surface area contributed by atoms with Crippen molar-refractivity contribution >= 4 is 11.6 Å². The minimum absolute atomic E-state index is 0.329. The van der Waals surface area contributed by atoms with Gasteiger partial charge in [0.2, 0.25) is 0 Å². The third-order valence-electron chi connectivity index (χ3n) is 2.50. The second-order valence-electron chi connectivity index (χ2n) is 4.12. The summed E-state index contributed by atoms with van der Waals surface area (Å²) in [5, 5.41) is 0.400. The molecule has 0 N–H and O–H groups in total. The Hall–Kier alpha value is -1.00. The minimum Gasteiger partial charge on any atom is -0.207 e. The molecule has 1 aromatic rings. The second-order valence-corrected chi connectivity index (χ2v) is 4.56. The van der Waals surface area contributed by atoms with Crippen LogP contribution in [0.15, 0.2) is 18.2 Å². The lowest BCUT2D eigenvalue weighted by Crippen LogP contribution is -1.80. The molecule has 17 heavy (non-hydrogen) atoms. The first-order valence-corrected chi connectivity index (χ1v) is 6.55. The van der Waals surface area contributed by atoms with Crippen molar-refractivity contribution in [3.8, 4) is 11.8 Å². The van der Waals surface area contributed by atoms with Gasteiger partial charge in [-0.1, -0.05) is 56.0 Å². The maximum Gasteiger partial charge on any atom is 0.125 e. The molecule has 0 atom stereocenters. The van der Waals surface area contributed by atoms with Crippen LogP contribution in [0, 0.1) is 17.7 Å². The van der Waals surface area contributed by atoms with Gasteiger partial charge < -0.3 is 0 Å². The number of hydrogen-bond acceptors (Lipinski definition) is 0. The smallest absolute Gasteiger partial charge is 0.125 e. The zero-order chi connectivity index (χ0) is 12.5. The van der Waals surface area contributed by atoms with E-state index in [1.54, 1.807) is 6.07 Å². The zero-order valence-electron chi connectivity index (χ0n) is 10.2. The van der Waals surface area contributed by atoms with Gasteiger partial charge in [0.1, 0.15) is 5.82 Å². The molecular formula is C15H18ClF. The van der Waals surface area contributed by atoms with Gasteiger partial charge in [-0.25, -0.2) is 4.39 Å². The fraction of sp³-hybridized carbons (Fsp3) is 0.467. The summed E-state index contributed by atoms with van der Waals surface area (Å²) in [4.78, 5) is 0. The molecule has 0 nitrogen and oxygen atoms in total. The molecule has 0 aliphatic rings. The summed E-state index contributed by atoms with van der Waals surface area (Å²) < 4.78 is 13.0. The highest BCUT2D eigenvalue weighted by Crippen LogP contribution is 2.13. The number of benzene rings is 1. The van der Waals surface area contributed by atoms with Gasteiger partial charge in [-0.15, -0.1) is 0 Å². The Morgan fingerprint density at radius 3 is 2.59 bits per heavy atom. The molecule has 0 spiro atoms. The van der Waals surface area contributed by atoms with Crippen molar-refractivity contribution < 1.29 is 4.39 Å². The van der Waals surface area contributed by atoms with Crippen molar-refractivity contribution in [1.82, 2.24) is 0 Å². The van der Waals surface area contributed by atoms with E-state index in [-0.39, 0.29) is 5.82 Å². The lowest BCUT2D eigenvalue weighted by molar-refractivity contribution is 0.627. The maximum absolute atomic E-state index is 13.0. The quantitative estimate of drug-likeness (QED) is 0.500. The van der Waals surface area contributed by atoms with Crippen molar-refractivity contribution in [2.45, 2.75) is 45.4 Å². The van der Waals surface area contributed by atoms with Crippen LogP contribution in [0.3, 0.4) is 0 Å². The molecule has 0 amide bonds. The molecule has 0 fully saturated rings. The fourth-order valence-electron chi connectivity index (χ4n) is 1.61. The second kappa shape index (κ2) is 8.14. The first kappa shape index (κ1) is 14.1. The zero-order valence-corrected chi connectivity index (χ0v) is 11.0. The topological polar surface area (TPSA) is 0 Å². The van der Waals surface area contributed by atoms with E-state index >= 15 is 0 Å². The molecule has 0 unspecified atom stereocenters. The minimum atomic E-state index is -0.329. The number of hydrogen-bond donors (Lipinski definition) is 0. The highest BCUT2D eigenvalue weighted by atomic mass is 35.5. The van der Waals surface area contributed by atoms with Crippen LogP contribution in [-0.4, -0.2) is 0 Å². The van der Waals surface area contributed by atoms with Gasteiger partial charge in [-0.3, -0.25) is 0 Å². The van der Waals surface area contributed by atoms with Crippen molar-refractivity contribution in [1.29, 1.82) is 0 Å². The van der Waals surface area contributed by atoms with Crippen LogP contribution in [0.25, 0.3) is 0 Å².